The molecule has 0 bridgehead atoms. The number of nitrogens with zero attached hydrogens (tertiary/aromatic N) is 1. The van der Waals surface area contributed by atoms with Crippen LogP contribution in [0.2, 0.25) is 0 Å². The van der Waals surface area contributed by atoms with Crippen LogP contribution in [0.5, 0.6) is 0 Å². The Hall–Kier alpha value is -0.370. The molecule has 0 fully saturated rings. The van der Waals surface area contributed by atoms with E-state index in [2.05, 4.69) is 11.8 Å². The first-order chi connectivity index (χ1) is 5.07. The van der Waals surface area contributed by atoms with Crippen LogP contribution in [0.3, 0.4) is 0 Å². The van der Waals surface area contributed by atoms with E-state index in [9.17, 15) is 4.79 Å². The first kappa shape index (κ1) is 10.6. The third-order valence-corrected chi connectivity index (χ3v) is 2.12. The lowest BCUT2D eigenvalue weighted by Gasteiger charge is -2.18. The van der Waals surface area contributed by atoms with Crippen molar-refractivity contribution in [3.8, 4) is 0 Å². The number of Topliss-reactive ketones (excluding diaryl/α,β-unsaturated/α-hetero) is 1. The van der Waals surface area contributed by atoms with Crippen molar-refractivity contribution in [3.63, 3.8) is 0 Å². The Morgan fingerprint density at radius 2 is 2.00 bits per heavy atom. The standard InChI is InChI=1S/C9H19NO/c1-5-9(11)7-6-8(2)10(3)4/h8H,5-7H2,1-4H3/t8-/m0/s1. The Labute approximate surface area is 69.6 Å². The van der Waals surface area contributed by atoms with Gasteiger partial charge in [-0.3, -0.25) is 4.79 Å². The van der Waals surface area contributed by atoms with Crippen LogP contribution in [0.15, 0.2) is 0 Å². The van der Waals surface area contributed by atoms with E-state index >= 15 is 0 Å². The minimum atomic E-state index is 0.374. The van der Waals surface area contributed by atoms with E-state index in [1.165, 1.54) is 0 Å². The second-order valence-corrected chi connectivity index (χ2v) is 3.24. The summed E-state index contributed by atoms with van der Waals surface area (Å²) in [6, 6.07) is 0.519. The fourth-order valence-electron chi connectivity index (χ4n) is 0.805. The molecule has 0 heterocycles. The fraction of sp³-hybridized carbons (Fsp3) is 0.889. The zero-order valence-corrected chi connectivity index (χ0v) is 8.05. The first-order valence-electron chi connectivity index (χ1n) is 4.26. The molecule has 0 rings (SSSR count). The summed E-state index contributed by atoms with van der Waals surface area (Å²) in [5.74, 6) is 0.374. The highest BCUT2D eigenvalue weighted by atomic mass is 16.1. The van der Waals surface area contributed by atoms with Crippen molar-refractivity contribution < 1.29 is 4.79 Å². The molecule has 0 aromatic rings. The molecular formula is C9H19NO. The quantitative estimate of drug-likeness (QED) is 0.605. The Bertz CT molecular complexity index is 121. The van der Waals surface area contributed by atoms with Gasteiger partial charge in [-0.1, -0.05) is 6.92 Å². The molecule has 2 heteroatoms. The maximum atomic E-state index is 10.9. The van der Waals surface area contributed by atoms with Crippen molar-refractivity contribution in [1.82, 2.24) is 4.90 Å². The van der Waals surface area contributed by atoms with Gasteiger partial charge in [0.05, 0.1) is 0 Å². The average molecular weight is 157 g/mol. The Morgan fingerprint density at radius 1 is 1.45 bits per heavy atom. The summed E-state index contributed by atoms with van der Waals surface area (Å²) in [4.78, 5) is 13.1. The lowest BCUT2D eigenvalue weighted by atomic mass is 10.1. The number of rotatable bonds is 5. The molecule has 0 saturated carbocycles. The van der Waals surface area contributed by atoms with Crippen molar-refractivity contribution >= 4 is 5.78 Å². The molecule has 66 valence electrons. The second kappa shape index (κ2) is 5.30. The van der Waals surface area contributed by atoms with Crippen LogP contribution in [0, 0.1) is 0 Å². The van der Waals surface area contributed by atoms with Crippen LogP contribution < -0.4 is 0 Å². The largest absolute Gasteiger partial charge is 0.307 e. The summed E-state index contributed by atoms with van der Waals surface area (Å²) < 4.78 is 0. The van der Waals surface area contributed by atoms with Crippen LogP contribution >= 0.6 is 0 Å². The molecule has 0 amide bonds. The summed E-state index contributed by atoms with van der Waals surface area (Å²) in [5.41, 5.74) is 0. The Kier molecular flexibility index (Phi) is 5.12. The van der Waals surface area contributed by atoms with E-state index in [1.807, 2.05) is 21.0 Å². The van der Waals surface area contributed by atoms with Gasteiger partial charge in [-0.15, -0.1) is 0 Å². The first-order valence-corrected chi connectivity index (χ1v) is 4.26. The van der Waals surface area contributed by atoms with Gasteiger partial charge >= 0.3 is 0 Å². The zero-order chi connectivity index (χ0) is 8.85. The lowest BCUT2D eigenvalue weighted by Crippen LogP contribution is -2.25. The molecule has 2 nitrogen and oxygen atoms in total. The number of ketones is 1. The second-order valence-electron chi connectivity index (χ2n) is 3.24. The van der Waals surface area contributed by atoms with Gasteiger partial charge in [0.2, 0.25) is 0 Å². The summed E-state index contributed by atoms with van der Waals surface area (Å²) in [6.45, 7) is 4.06. The van der Waals surface area contributed by atoms with Crippen molar-refractivity contribution in [2.45, 2.75) is 39.2 Å². The van der Waals surface area contributed by atoms with Gasteiger partial charge in [-0.25, -0.2) is 0 Å². The highest BCUT2D eigenvalue weighted by Gasteiger charge is 2.06. The highest BCUT2D eigenvalue weighted by Crippen LogP contribution is 2.03. The maximum absolute atomic E-state index is 10.9. The predicted octanol–water partition coefficient (Wildman–Crippen LogP) is 1.70. The van der Waals surface area contributed by atoms with E-state index < -0.39 is 0 Å². The monoisotopic (exact) mass is 157 g/mol. The molecule has 0 radical (unpaired) electrons. The van der Waals surface area contributed by atoms with Crippen molar-refractivity contribution in [2.24, 2.45) is 0 Å². The van der Waals surface area contributed by atoms with E-state index in [0.29, 0.717) is 18.2 Å². The van der Waals surface area contributed by atoms with Gasteiger partial charge in [0.15, 0.2) is 0 Å². The van der Waals surface area contributed by atoms with Gasteiger partial charge < -0.3 is 4.90 Å². The third-order valence-electron chi connectivity index (χ3n) is 2.12. The van der Waals surface area contributed by atoms with E-state index in [-0.39, 0.29) is 0 Å². The average Bonchev–Trinajstić information content (AvgIpc) is 1.99. The molecule has 0 saturated heterocycles. The molecule has 0 aliphatic heterocycles. The molecule has 0 aromatic heterocycles. The summed E-state index contributed by atoms with van der Waals surface area (Å²) in [5, 5.41) is 0. The zero-order valence-electron chi connectivity index (χ0n) is 8.05. The van der Waals surface area contributed by atoms with Crippen LogP contribution in [0.4, 0.5) is 0 Å². The van der Waals surface area contributed by atoms with Gasteiger partial charge in [0.25, 0.3) is 0 Å². The molecule has 1 atom stereocenters. The van der Waals surface area contributed by atoms with Crippen molar-refractivity contribution in [3.05, 3.63) is 0 Å². The number of hydrogen-bond acceptors (Lipinski definition) is 2. The van der Waals surface area contributed by atoms with E-state index in [0.717, 1.165) is 12.8 Å². The molecule has 11 heavy (non-hydrogen) atoms. The molecule has 0 N–H and O–H groups in total. The summed E-state index contributed by atoms with van der Waals surface area (Å²) in [7, 11) is 4.09. The topological polar surface area (TPSA) is 20.3 Å². The third kappa shape index (κ3) is 4.96. The summed E-state index contributed by atoms with van der Waals surface area (Å²) in [6.07, 6.45) is 2.40. The normalized spacial score (nSPS) is 13.5. The maximum Gasteiger partial charge on any atom is 0.132 e. The molecule has 0 unspecified atom stereocenters. The molecule has 0 spiro atoms. The number of carbonyl (C=O) groups is 1. The molecular weight excluding hydrogens is 138 g/mol. The number of carbonyl (C=O) groups excluding carboxylic acids is 1. The van der Waals surface area contributed by atoms with Crippen LogP contribution in [-0.4, -0.2) is 30.8 Å². The predicted molar refractivity (Wildman–Crippen MR) is 47.7 cm³/mol. The van der Waals surface area contributed by atoms with Crippen molar-refractivity contribution in [1.29, 1.82) is 0 Å². The van der Waals surface area contributed by atoms with Crippen LogP contribution in [0.1, 0.15) is 33.1 Å². The smallest absolute Gasteiger partial charge is 0.132 e. The lowest BCUT2D eigenvalue weighted by molar-refractivity contribution is -0.119. The van der Waals surface area contributed by atoms with Crippen LogP contribution in [0.25, 0.3) is 0 Å². The molecule has 0 aromatic carbocycles. The minimum absolute atomic E-state index is 0.374. The Balaban J connectivity index is 3.45. The minimum Gasteiger partial charge on any atom is -0.307 e. The SMILES string of the molecule is CCC(=O)CC[C@H](C)N(C)C. The highest BCUT2D eigenvalue weighted by molar-refractivity contribution is 5.77. The van der Waals surface area contributed by atoms with Gasteiger partial charge in [0, 0.05) is 18.9 Å². The number of hydrogen-bond donors (Lipinski definition) is 0. The molecule has 0 aliphatic carbocycles. The van der Waals surface area contributed by atoms with Crippen molar-refractivity contribution in [2.75, 3.05) is 14.1 Å². The van der Waals surface area contributed by atoms with Crippen LogP contribution in [-0.2, 0) is 4.79 Å². The van der Waals surface area contributed by atoms with Gasteiger partial charge in [-0.05, 0) is 27.4 Å². The van der Waals surface area contributed by atoms with E-state index in [4.69, 9.17) is 0 Å². The van der Waals surface area contributed by atoms with Gasteiger partial charge in [0.1, 0.15) is 5.78 Å². The fourth-order valence-corrected chi connectivity index (χ4v) is 0.805. The van der Waals surface area contributed by atoms with E-state index in [1.54, 1.807) is 0 Å². The van der Waals surface area contributed by atoms with Gasteiger partial charge in [-0.2, -0.15) is 0 Å². The summed E-state index contributed by atoms with van der Waals surface area (Å²) >= 11 is 0. The molecule has 0 aliphatic rings. The Morgan fingerprint density at radius 3 is 2.36 bits per heavy atom.